The molecule has 0 N–H and O–H groups in total. The fourth-order valence-corrected chi connectivity index (χ4v) is 4.58. The molecule has 126 valence electrons. The highest BCUT2D eigenvalue weighted by molar-refractivity contribution is 5.12. The van der Waals surface area contributed by atoms with E-state index in [2.05, 4.69) is 6.58 Å². The molecule has 4 aliphatic rings. The number of ether oxygens (including phenoxy) is 2. The second kappa shape index (κ2) is 4.79. The highest BCUT2D eigenvalue weighted by Gasteiger charge is 2.80. The Labute approximate surface area is 123 Å². The molecule has 0 aromatic carbocycles. The number of halogens is 6. The van der Waals surface area contributed by atoms with Gasteiger partial charge >= 0.3 is 12.4 Å². The van der Waals surface area contributed by atoms with Gasteiger partial charge in [-0.1, -0.05) is 6.58 Å². The van der Waals surface area contributed by atoms with Gasteiger partial charge in [0.05, 0.1) is 12.4 Å². The van der Waals surface area contributed by atoms with Crippen molar-refractivity contribution in [1.82, 2.24) is 0 Å². The van der Waals surface area contributed by atoms with Crippen LogP contribution in [0.1, 0.15) is 25.7 Å². The van der Waals surface area contributed by atoms with Crippen molar-refractivity contribution in [2.24, 2.45) is 17.8 Å². The standard InChI is InChI=1S/C14H16F6O2/c1-2-21-11-8-3-7-4-9(6-8)22-12(10(11)5-7,13(15,16)17)14(18,19)20/h2,7-11H,1,3-6H2. The van der Waals surface area contributed by atoms with E-state index in [1.807, 2.05) is 0 Å². The van der Waals surface area contributed by atoms with E-state index >= 15 is 0 Å². The highest BCUT2D eigenvalue weighted by atomic mass is 19.4. The Bertz CT molecular complexity index is 443. The normalized spacial score (nSPS) is 40.4. The van der Waals surface area contributed by atoms with E-state index in [-0.39, 0.29) is 31.1 Å². The van der Waals surface area contributed by atoms with Crippen molar-refractivity contribution in [2.45, 2.75) is 55.8 Å². The fourth-order valence-electron chi connectivity index (χ4n) is 4.58. The van der Waals surface area contributed by atoms with Gasteiger partial charge in [0.2, 0.25) is 0 Å². The summed E-state index contributed by atoms with van der Waals surface area (Å²) in [5.41, 5.74) is -4.15. The van der Waals surface area contributed by atoms with Crippen LogP contribution in [0.15, 0.2) is 12.8 Å². The van der Waals surface area contributed by atoms with Gasteiger partial charge in [-0.25, -0.2) is 0 Å². The minimum atomic E-state index is -5.54. The van der Waals surface area contributed by atoms with E-state index in [0.717, 1.165) is 6.26 Å². The van der Waals surface area contributed by atoms with Crippen molar-refractivity contribution < 1.29 is 35.8 Å². The summed E-state index contributed by atoms with van der Waals surface area (Å²) in [4.78, 5) is 0. The number of fused-ring (bicyclic) bond motifs is 1. The quantitative estimate of drug-likeness (QED) is 0.558. The summed E-state index contributed by atoms with van der Waals surface area (Å²) >= 11 is 0. The summed E-state index contributed by atoms with van der Waals surface area (Å²) in [6.07, 6.45) is -11.5. The van der Waals surface area contributed by atoms with Gasteiger partial charge in [0, 0.05) is 5.92 Å². The monoisotopic (exact) mass is 330 g/mol. The molecule has 4 fully saturated rings. The molecule has 0 spiro atoms. The topological polar surface area (TPSA) is 18.5 Å². The van der Waals surface area contributed by atoms with Crippen LogP contribution in [0.2, 0.25) is 0 Å². The molecule has 2 nitrogen and oxygen atoms in total. The van der Waals surface area contributed by atoms with Crippen LogP contribution in [0, 0.1) is 17.8 Å². The van der Waals surface area contributed by atoms with Crippen LogP contribution in [0.5, 0.6) is 0 Å². The molecular formula is C14H16F6O2. The van der Waals surface area contributed by atoms with Crippen molar-refractivity contribution in [3.05, 3.63) is 12.8 Å². The van der Waals surface area contributed by atoms with Crippen LogP contribution < -0.4 is 0 Å². The minimum Gasteiger partial charge on any atom is -0.498 e. The van der Waals surface area contributed by atoms with E-state index in [4.69, 9.17) is 9.47 Å². The van der Waals surface area contributed by atoms with Crippen molar-refractivity contribution in [1.29, 1.82) is 0 Å². The Morgan fingerprint density at radius 2 is 1.64 bits per heavy atom. The third-order valence-electron chi connectivity index (χ3n) is 5.22. The van der Waals surface area contributed by atoms with E-state index in [9.17, 15) is 26.3 Å². The zero-order valence-corrected chi connectivity index (χ0v) is 11.6. The zero-order valence-electron chi connectivity index (χ0n) is 11.6. The Hall–Kier alpha value is -0.920. The fraction of sp³-hybridized carbons (Fsp3) is 0.857. The molecule has 0 aromatic rings. The predicted octanol–water partition coefficient (Wildman–Crippen LogP) is 4.21. The molecule has 4 rings (SSSR count). The van der Waals surface area contributed by atoms with Gasteiger partial charge in [-0.3, -0.25) is 0 Å². The molecule has 2 saturated carbocycles. The Morgan fingerprint density at radius 3 is 2.18 bits per heavy atom. The maximum Gasteiger partial charge on any atom is 0.426 e. The predicted molar refractivity (Wildman–Crippen MR) is 63.7 cm³/mol. The first kappa shape index (κ1) is 16.0. The maximum absolute atomic E-state index is 13.5. The number of rotatable bonds is 2. The first-order chi connectivity index (χ1) is 10.1. The molecule has 4 bridgehead atoms. The maximum atomic E-state index is 13.5. The minimum absolute atomic E-state index is 0.166. The third-order valence-corrected chi connectivity index (χ3v) is 5.22. The molecular weight excluding hydrogens is 314 g/mol. The summed E-state index contributed by atoms with van der Waals surface area (Å²) in [7, 11) is 0. The average molecular weight is 330 g/mol. The second-order valence-corrected chi connectivity index (χ2v) is 6.41. The zero-order chi connectivity index (χ0) is 16.3. The smallest absolute Gasteiger partial charge is 0.426 e. The summed E-state index contributed by atoms with van der Waals surface area (Å²) in [5, 5.41) is 0. The molecule has 2 aliphatic carbocycles. The van der Waals surface area contributed by atoms with Crippen LogP contribution >= 0.6 is 0 Å². The lowest BCUT2D eigenvalue weighted by Gasteiger charge is -2.47. The van der Waals surface area contributed by atoms with Crippen molar-refractivity contribution in [2.75, 3.05) is 0 Å². The van der Waals surface area contributed by atoms with Gasteiger partial charge in [0.25, 0.3) is 5.60 Å². The van der Waals surface area contributed by atoms with Gasteiger partial charge in [-0.05, 0) is 37.5 Å². The summed E-state index contributed by atoms with van der Waals surface area (Å²) in [6.45, 7) is 3.29. The van der Waals surface area contributed by atoms with Crippen LogP contribution in [0.4, 0.5) is 26.3 Å². The molecule has 0 radical (unpaired) electrons. The van der Waals surface area contributed by atoms with Gasteiger partial charge in [0.15, 0.2) is 0 Å². The van der Waals surface area contributed by atoms with Gasteiger partial charge in [-0.2, -0.15) is 26.3 Å². The van der Waals surface area contributed by atoms with Crippen molar-refractivity contribution >= 4 is 0 Å². The van der Waals surface area contributed by atoms with Crippen LogP contribution in [-0.2, 0) is 9.47 Å². The first-order valence-corrected chi connectivity index (χ1v) is 7.17. The van der Waals surface area contributed by atoms with E-state index in [1.54, 1.807) is 0 Å². The van der Waals surface area contributed by atoms with Gasteiger partial charge in [0.1, 0.15) is 6.10 Å². The van der Waals surface area contributed by atoms with Crippen molar-refractivity contribution in [3.63, 3.8) is 0 Å². The Balaban J connectivity index is 2.15. The number of hydrogen-bond acceptors (Lipinski definition) is 2. The lowest BCUT2D eigenvalue weighted by Crippen LogP contribution is -2.66. The molecule has 2 aliphatic heterocycles. The molecule has 2 heterocycles. The molecule has 5 atom stereocenters. The van der Waals surface area contributed by atoms with Gasteiger partial charge in [-0.15, -0.1) is 0 Å². The Morgan fingerprint density at radius 1 is 1.00 bits per heavy atom. The van der Waals surface area contributed by atoms with Crippen LogP contribution in [0.3, 0.4) is 0 Å². The lowest BCUT2D eigenvalue weighted by molar-refractivity contribution is -0.406. The van der Waals surface area contributed by atoms with E-state index in [0.29, 0.717) is 6.42 Å². The average Bonchev–Trinajstić information content (AvgIpc) is 2.53. The summed E-state index contributed by atoms with van der Waals surface area (Å²) in [6, 6.07) is 0. The first-order valence-electron chi connectivity index (χ1n) is 7.17. The second-order valence-electron chi connectivity index (χ2n) is 6.41. The highest BCUT2D eigenvalue weighted by Crippen LogP contribution is 2.62. The SMILES string of the molecule is C=COC1C2CC3CC(C2)OC(C(F)(F)F)(C(F)(F)F)C1C3. The lowest BCUT2D eigenvalue weighted by atomic mass is 9.62. The Kier molecular flexibility index (Phi) is 3.47. The molecule has 0 amide bonds. The molecule has 0 aromatic heterocycles. The largest absolute Gasteiger partial charge is 0.498 e. The van der Waals surface area contributed by atoms with Crippen LogP contribution in [-0.4, -0.2) is 30.2 Å². The van der Waals surface area contributed by atoms with E-state index in [1.165, 1.54) is 0 Å². The van der Waals surface area contributed by atoms with Gasteiger partial charge < -0.3 is 9.47 Å². The molecule has 2 saturated heterocycles. The van der Waals surface area contributed by atoms with E-state index < -0.39 is 36.1 Å². The molecule has 5 unspecified atom stereocenters. The number of alkyl halides is 6. The van der Waals surface area contributed by atoms with Crippen LogP contribution in [0.25, 0.3) is 0 Å². The number of hydrogen-bond donors (Lipinski definition) is 0. The molecule has 22 heavy (non-hydrogen) atoms. The molecule has 8 heteroatoms. The summed E-state index contributed by atoms with van der Waals surface area (Å²) < 4.78 is 91.1. The summed E-state index contributed by atoms with van der Waals surface area (Å²) in [5.74, 6) is -2.32. The van der Waals surface area contributed by atoms with Crippen molar-refractivity contribution in [3.8, 4) is 0 Å². The third kappa shape index (κ3) is 2.06.